The summed E-state index contributed by atoms with van der Waals surface area (Å²) in [6.45, 7) is 5.68. The molecule has 20 heavy (non-hydrogen) atoms. The van der Waals surface area contributed by atoms with E-state index in [4.69, 9.17) is 4.74 Å². The number of esters is 1. The van der Waals surface area contributed by atoms with Crippen LogP contribution in [0.3, 0.4) is 0 Å². The van der Waals surface area contributed by atoms with E-state index in [1.807, 2.05) is 25.1 Å². The largest absolute Gasteiger partial charge is 0.468 e. The summed E-state index contributed by atoms with van der Waals surface area (Å²) in [5, 5.41) is 3.36. The molecule has 5 heteroatoms. The fourth-order valence-electron chi connectivity index (χ4n) is 2.56. The summed E-state index contributed by atoms with van der Waals surface area (Å²) in [6.07, 6.45) is 1.04. The van der Waals surface area contributed by atoms with Crippen molar-refractivity contribution in [3.8, 4) is 0 Å². The molecule has 1 aliphatic rings. The monoisotopic (exact) mass is 340 g/mol. The first kappa shape index (κ1) is 15.5. The number of hydrogen-bond donors (Lipinski definition) is 1. The number of ether oxygens (including phenoxy) is 1. The van der Waals surface area contributed by atoms with E-state index in [9.17, 15) is 4.79 Å². The Labute approximate surface area is 128 Å². The molecule has 1 heterocycles. The van der Waals surface area contributed by atoms with Gasteiger partial charge >= 0.3 is 5.97 Å². The van der Waals surface area contributed by atoms with Crippen LogP contribution in [0.4, 0.5) is 0 Å². The molecular formula is C15H21BrN2O2. The van der Waals surface area contributed by atoms with Crippen LogP contribution < -0.4 is 5.32 Å². The quantitative estimate of drug-likeness (QED) is 0.857. The van der Waals surface area contributed by atoms with Crippen molar-refractivity contribution in [2.24, 2.45) is 0 Å². The second-order valence-corrected chi connectivity index (χ2v) is 5.94. The summed E-state index contributed by atoms with van der Waals surface area (Å²) in [6, 6.07) is 5.75. The topological polar surface area (TPSA) is 41.6 Å². The first-order valence-electron chi connectivity index (χ1n) is 6.92. The fraction of sp³-hybridized carbons (Fsp3) is 0.533. The number of carbonyl (C=O) groups excluding carboxylic acids is 1. The molecule has 0 radical (unpaired) electrons. The fourth-order valence-corrected chi connectivity index (χ4v) is 3.27. The van der Waals surface area contributed by atoms with Crippen LogP contribution in [0.5, 0.6) is 0 Å². The van der Waals surface area contributed by atoms with Gasteiger partial charge in [-0.3, -0.25) is 4.90 Å². The molecule has 0 aliphatic carbocycles. The van der Waals surface area contributed by atoms with Crippen LogP contribution in [0, 0.1) is 6.92 Å². The minimum Gasteiger partial charge on any atom is -0.468 e. The maximum Gasteiger partial charge on any atom is 0.327 e. The van der Waals surface area contributed by atoms with Crippen molar-refractivity contribution in [2.45, 2.75) is 19.4 Å². The third kappa shape index (κ3) is 3.59. The summed E-state index contributed by atoms with van der Waals surface area (Å²) in [7, 11) is 1.45. The van der Waals surface area contributed by atoms with Crippen LogP contribution in [-0.2, 0) is 9.53 Å². The van der Waals surface area contributed by atoms with Crippen molar-refractivity contribution in [1.82, 2.24) is 10.2 Å². The number of rotatable bonds is 3. The second kappa shape index (κ2) is 7.20. The van der Waals surface area contributed by atoms with Crippen LogP contribution in [-0.4, -0.2) is 44.2 Å². The van der Waals surface area contributed by atoms with Crippen LogP contribution in [0.25, 0.3) is 0 Å². The van der Waals surface area contributed by atoms with E-state index in [1.54, 1.807) is 0 Å². The van der Waals surface area contributed by atoms with Gasteiger partial charge in [-0.1, -0.05) is 28.1 Å². The molecule has 0 aromatic heterocycles. The number of aryl methyl sites for hydroxylation is 1. The number of halogens is 1. The number of benzene rings is 1. The molecule has 1 aliphatic heterocycles. The first-order valence-corrected chi connectivity index (χ1v) is 7.71. The predicted molar refractivity (Wildman–Crippen MR) is 82.7 cm³/mol. The van der Waals surface area contributed by atoms with Crippen molar-refractivity contribution in [1.29, 1.82) is 0 Å². The van der Waals surface area contributed by atoms with Gasteiger partial charge in [-0.25, -0.2) is 4.79 Å². The highest BCUT2D eigenvalue weighted by Crippen LogP contribution is 2.30. The molecule has 0 amide bonds. The van der Waals surface area contributed by atoms with Crippen LogP contribution in [0.1, 0.15) is 23.6 Å². The third-order valence-corrected chi connectivity index (χ3v) is 4.30. The summed E-state index contributed by atoms with van der Waals surface area (Å²) >= 11 is 3.58. The number of nitrogens with zero attached hydrogens (tertiary/aromatic N) is 1. The SMILES string of the molecule is COC(=O)C(c1ccc(C)cc1Br)N1CCCNCC1. The zero-order valence-corrected chi connectivity index (χ0v) is 13.6. The van der Waals surface area contributed by atoms with E-state index in [-0.39, 0.29) is 12.0 Å². The average molecular weight is 341 g/mol. The zero-order chi connectivity index (χ0) is 14.5. The molecule has 1 fully saturated rings. The van der Waals surface area contributed by atoms with Crippen LogP contribution >= 0.6 is 15.9 Å². The Bertz CT molecular complexity index is 471. The molecule has 0 saturated carbocycles. The van der Waals surface area contributed by atoms with E-state index < -0.39 is 0 Å². The first-order chi connectivity index (χ1) is 9.63. The minimum atomic E-state index is -0.338. The molecule has 0 bridgehead atoms. The highest BCUT2D eigenvalue weighted by atomic mass is 79.9. The Morgan fingerprint density at radius 2 is 2.20 bits per heavy atom. The van der Waals surface area contributed by atoms with Crippen molar-refractivity contribution >= 4 is 21.9 Å². The summed E-state index contributed by atoms with van der Waals surface area (Å²) in [5.41, 5.74) is 2.14. The number of nitrogens with one attached hydrogen (secondary N) is 1. The Hall–Kier alpha value is -0.910. The molecule has 2 rings (SSSR count). The highest BCUT2D eigenvalue weighted by molar-refractivity contribution is 9.10. The number of hydrogen-bond acceptors (Lipinski definition) is 4. The number of carbonyl (C=O) groups is 1. The Morgan fingerprint density at radius 3 is 2.90 bits per heavy atom. The summed E-state index contributed by atoms with van der Waals surface area (Å²) < 4.78 is 5.99. The normalized spacial score (nSPS) is 18.4. The average Bonchev–Trinajstić information content (AvgIpc) is 2.70. The van der Waals surface area contributed by atoms with E-state index in [0.717, 1.165) is 42.6 Å². The van der Waals surface area contributed by atoms with E-state index >= 15 is 0 Å². The van der Waals surface area contributed by atoms with Crippen molar-refractivity contribution in [2.75, 3.05) is 33.3 Å². The van der Waals surface area contributed by atoms with Gasteiger partial charge in [0.1, 0.15) is 6.04 Å². The molecule has 1 saturated heterocycles. The van der Waals surface area contributed by atoms with Gasteiger partial charge in [-0.15, -0.1) is 0 Å². The lowest BCUT2D eigenvalue weighted by atomic mass is 10.0. The Morgan fingerprint density at radius 1 is 1.40 bits per heavy atom. The molecular weight excluding hydrogens is 320 g/mol. The summed E-state index contributed by atoms with van der Waals surface area (Å²) in [5.74, 6) is -0.198. The highest BCUT2D eigenvalue weighted by Gasteiger charge is 2.30. The summed E-state index contributed by atoms with van der Waals surface area (Å²) in [4.78, 5) is 14.5. The van der Waals surface area contributed by atoms with Gasteiger partial charge in [-0.2, -0.15) is 0 Å². The number of methoxy groups -OCH3 is 1. The maximum atomic E-state index is 12.3. The van der Waals surface area contributed by atoms with Gasteiger partial charge in [0.15, 0.2) is 0 Å². The third-order valence-electron chi connectivity index (χ3n) is 3.61. The van der Waals surface area contributed by atoms with Gasteiger partial charge in [0.2, 0.25) is 0 Å². The van der Waals surface area contributed by atoms with Gasteiger partial charge in [0.05, 0.1) is 7.11 Å². The van der Waals surface area contributed by atoms with Crippen LogP contribution in [0.2, 0.25) is 0 Å². The lowest BCUT2D eigenvalue weighted by Gasteiger charge is -2.29. The van der Waals surface area contributed by atoms with Crippen molar-refractivity contribution in [3.63, 3.8) is 0 Å². The van der Waals surface area contributed by atoms with Gasteiger partial charge in [0, 0.05) is 24.1 Å². The van der Waals surface area contributed by atoms with E-state index in [1.165, 1.54) is 12.7 Å². The molecule has 0 spiro atoms. The van der Waals surface area contributed by atoms with Crippen LogP contribution in [0.15, 0.2) is 22.7 Å². The lowest BCUT2D eigenvalue weighted by Crippen LogP contribution is -2.37. The molecule has 4 nitrogen and oxygen atoms in total. The van der Waals surface area contributed by atoms with Gasteiger partial charge < -0.3 is 10.1 Å². The van der Waals surface area contributed by atoms with Gasteiger partial charge in [-0.05, 0) is 37.1 Å². The molecule has 110 valence electrons. The minimum absolute atomic E-state index is 0.198. The Balaban J connectivity index is 2.33. The lowest BCUT2D eigenvalue weighted by molar-refractivity contribution is -0.147. The maximum absolute atomic E-state index is 12.3. The molecule has 1 N–H and O–H groups in total. The molecule has 1 aromatic rings. The second-order valence-electron chi connectivity index (χ2n) is 5.09. The molecule has 1 aromatic carbocycles. The van der Waals surface area contributed by atoms with E-state index in [0.29, 0.717) is 0 Å². The molecule has 1 unspecified atom stereocenters. The van der Waals surface area contributed by atoms with Crippen molar-refractivity contribution in [3.05, 3.63) is 33.8 Å². The van der Waals surface area contributed by atoms with E-state index in [2.05, 4.69) is 26.1 Å². The predicted octanol–water partition coefficient (Wildman–Crippen LogP) is 2.27. The molecule has 1 atom stereocenters. The van der Waals surface area contributed by atoms with Gasteiger partial charge in [0.25, 0.3) is 0 Å². The Kier molecular flexibility index (Phi) is 5.57. The van der Waals surface area contributed by atoms with Crippen molar-refractivity contribution < 1.29 is 9.53 Å². The standard InChI is InChI=1S/C15H21BrN2O2/c1-11-4-5-12(13(16)10-11)14(15(19)20-2)18-8-3-6-17-7-9-18/h4-5,10,14,17H,3,6-9H2,1-2H3. The smallest absolute Gasteiger partial charge is 0.327 e. The zero-order valence-electron chi connectivity index (χ0n) is 12.0.